The molecular formula is C45H51N3O6. The number of ether oxygens (including phenoxy) is 4. The summed E-state index contributed by atoms with van der Waals surface area (Å²) in [5.74, 6) is 2.97. The van der Waals surface area contributed by atoms with E-state index in [-0.39, 0.29) is 12.1 Å². The summed E-state index contributed by atoms with van der Waals surface area (Å²) in [7, 11) is 6.60. The maximum atomic E-state index is 12.8. The molecule has 2 aliphatic rings. The number of likely N-dealkylation sites (tertiary alicyclic amines) is 2. The SMILES string of the molecule is COc1ccc(C(O)(c2ccc(OC)cc2)C2CCCN2Cc2cccc(CN3CCC[C@@H]3C(O)(c3ccc(OC)cc3)c3ccc(OC)cc3)n2)cc1. The molecule has 0 spiro atoms. The van der Waals surface area contributed by atoms with Crippen molar-refractivity contribution in [2.75, 3.05) is 41.5 Å². The van der Waals surface area contributed by atoms with Crippen molar-refractivity contribution in [3.05, 3.63) is 149 Å². The lowest BCUT2D eigenvalue weighted by Gasteiger charge is -2.40. The summed E-state index contributed by atoms with van der Waals surface area (Å²) in [6.45, 7) is 2.88. The Bertz CT molecular complexity index is 1730. The molecule has 1 unspecified atom stereocenters. The lowest BCUT2D eigenvalue weighted by molar-refractivity contribution is -0.00771. The summed E-state index contributed by atoms with van der Waals surface area (Å²) < 4.78 is 21.8. The zero-order valence-electron chi connectivity index (χ0n) is 31.7. The lowest BCUT2D eigenvalue weighted by Crippen LogP contribution is -2.48. The first-order valence-corrected chi connectivity index (χ1v) is 18.8. The first-order valence-electron chi connectivity index (χ1n) is 18.8. The molecule has 5 aromatic rings. The van der Waals surface area contributed by atoms with E-state index in [9.17, 15) is 10.2 Å². The van der Waals surface area contributed by atoms with Crippen LogP contribution in [0.25, 0.3) is 0 Å². The van der Waals surface area contributed by atoms with Gasteiger partial charge in [0.1, 0.15) is 34.2 Å². The zero-order valence-corrected chi connectivity index (χ0v) is 31.7. The Morgan fingerprint density at radius 1 is 0.500 bits per heavy atom. The molecule has 0 aliphatic carbocycles. The molecule has 7 rings (SSSR count). The monoisotopic (exact) mass is 729 g/mol. The van der Waals surface area contributed by atoms with Crippen LogP contribution >= 0.6 is 0 Å². The molecule has 2 aliphatic heterocycles. The minimum absolute atomic E-state index is 0.184. The average molecular weight is 730 g/mol. The fraction of sp³-hybridized carbons (Fsp3) is 0.356. The third-order valence-corrected chi connectivity index (χ3v) is 11.4. The molecule has 282 valence electrons. The minimum atomic E-state index is -1.28. The van der Waals surface area contributed by atoms with Gasteiger partial charge in [-0.05, 0) is 122 Å². The number of hydrogen-bond donors (Lipinski definition) is 2. The number of hydrogen-bond acceptors (Lipinski definition) is 9. The highest BCUT2D eigenvalue weighted by atomic mass is 16.5. The maximum Gasteiger partial charge on any atom is 0.130 e. The summed E-state index contributed by atoms with van der Waals surface area (Å²) >= 11 is 0. The molecule has 0 bridgehead atoms. The first-order chi connectivity index (χ1) is 26.3. The van der Waals surface area contributed by atoms with E-state index in [1.807, 2.05) is 97.1 Å². The molecule has 54 heavy (non-hydrogen) atoms. The van der Waals surface area contributed by atoms with E-state index in [0.29, 0.717) is 13.1 Å². The smallest absolute Gasteiger partial charge is 0.130 e. The summed E-state index contributed by atoms with van der Waals surface area (Å²) in [5, 5.41) is 25.7. The molecule has 3 heterocycles. The Morgan fingerprint density at radius 2 is 0.796 bits per heavy atom. The molecule has 0 saturated carbocycles. The van der Waals surface area contributed by atoms with Gasteiger partial charge in [0.05, 0.1) is 39.8 Å². The van der Waals surface area contributed by atoms with Crippen molar-refractivity contribution in [1.29, 1.82) is 0 Å². The normalized spacial score (nSPS) is 18.1. The van der Waals surface area contributed by atoms with Gasteiger partial charge in [-0.1, -0.05) is 54.6 Å². The van der Waals surface area contributed by atoms with Crippen LogP contribution in [-0.4, -0.2) is 78.6 Å². The highest BCUT2D eigenvalue weighted by molar-refractivity contribution is 5.44. The van der Waals surface area contributed by atoms with Gasteiger partial charge < -0.3 is 29.2 Å². The highest BCUT2D eigenvalue weighted by Gasteiger charge is 2.47. The van der Waals surface area contributed by atoms with Crippen molar-refractivity contribution in [2.45, 2.75) is 62.1 Å². The van der Waals surface area contributed by atoms with Crippen LogP contribution in [0.4, 0.5) is 0 Å². The quantitative estimate of drug-likeness (QED) is 0.126. The summed E-state index contributed by atoms with van der Waals surface area (Å²) in [6.07, 6.45) is 3.59. The molecule has 0 radical (unpaired) electrons. The molecule has 0 amide bonds. The molecule has 9 heteroatoms. The van der Waals surface area contributed by atoms with Gasteiger partial charge in [-0.15, -0.1) is 0 Å². The zero-order chi connectivity index (χ0) is 37.7. The summed E-state index contributed by atoms with van der Waals surface area (Å²) in [5.41, 5.74) is 2.60. The fourth-order valence-corrected chi connectivity index (χ4v) is 8.58. The molecule has 2 saturated heterocycles. The number of nitrogens with zero attached hydrogens (tertiary/aromatic N) is 3. The van der Waals surface area contributed by atoms with Crippen molar-refractivity contribution in [1.82, 2.24) is 14.8 Å². The number of pyridine rings is 1. The van der Waals surface area contributed by atoms with Gasteiger partial charge in [-0.3, -0.25) is 14.8 Å². The molecule has 9 nitrogen and oxygen atoms in total. The second-order valence-electron chi connectivity index (χ2n) is 14.3. The number of benzene rings is 4. The van der Waals surface area contributed by atoms with Gasteiger partial charge >= 0.3 is 0 Å². The van der Waals surface area contributed by atoms with Crippen LogP contribution in [0, 0.1) is 0 Å². The predicted molar refractivity (Wildman–Crippen MR) is 209 cm³/mol. The highest BCUT2D eigenvalue weighted by Crippen LogP contribution is 2.43. The Labute approximate surface area is 318 Å². The predicted octanol–water partition coefficient (Wildman–Crippen LogP) is 6.92. The first kappa shape index (κ1) is 37.4. The van der Waals surface area contributed by atoms with E-state index in [4.69, 9.17) is 23.9 Å². The number of aliphatic hydroxyl groups is 2. The van der Waals surface area contributed by atoms with Crippen molar-refractivity contribution < 1.29 is 29.2 Å². The van der Waals surface area contributed by atoms with E-state index in [2.05, 4.69) is 28.0 Å². The fourth-order valence-electron chi connectivity index (χ4n) is 8.58. The number of rotatable bonds is 14. The van der Waals surface area contributed by atoms with Crippen LogP contribution < -0.4 is 18.9 Å². The van der Waals surface area contributed by atoms with E-state index in [0.717, 1.165) is 95.4 Å². The molecular weight excluding hydrogens is 679 g/mol. The summed E-state index contributed by atoms with van der Waals surface area (Å²) in [6, 6.07) is 36.8. The Hall–Kier alpha value is -4.93. The number of methoxy groups -OCH3 is 4. The molecule has 2 N–H and O–H groups in total. The van der Waals surface area contributed by atoms with E-state index >= 15 is 0 Å². The Morgan fingerprint density at radius 3 is 1.07 bits per heavy atom. The second-order valence-corrected chi connectivity index (χ2v) is 14.3. The summed E-state index contributed by atoms with van der Waals surface area (Å²) in [4.78, 5) is 9.93. The maximum absolute atomic E-state index is 12.8. The lowest BCUT2D eigenvalue weighted by atomic mass is 9.79. The van der Waals surface area contributed by atoms with Gasteiger partial charge in [0.15, 0.2) is 0 Å². The molecule has 2 fully saturated rings. The van der Waals surface area contributed by atoms with Crippen LogP contribution in [0.5, 0.6) is 23.0 Å². The van der Waals surface area contributed by atoms with Gasteiger partial charge in [0, 0.05) is 25.2 Å². The Balaban J connectivity index is 1.15. The van der Waals surface area contributed by atoms with Crippen LogP contribution in [0.1, 0.15) is 59.3 Å². The number of aromatic nitrogens is 1. The van der Waals surface area contributed by atoms with Gasteiger partial charge in [-0.25, -0.2) is 0 Å². The molecule has 4 aromatic carbocycles. The van der Waals surface area contributed by atoms with Crippen LogP contribution in [-0.2, 0) is 24.3 Å². The van der Waals surface area contributed by atoms with Crippen molar-refractivity contribution in [2.24, 2.45) is 0 Å². The van der Waals surface area contributed by atoms with E-state index < -0.39 is 11.2 Å². The van der Waals surface area contributed by atoms with Crippen molar-refractivity contribution in [3.63, 3.8) is 0 Å². The van der Waals surface area contributed by atoms with Gasteiger partial charge in [0.2, 0.25) is 0 Å². The minimum Gasteiger partial charge on any atom is -0.497 e. The van der Waals surface area contributed by atoms with Gasteiger partial charge in [0.25, 0.3) is 0 Å². The topological polar surface area (TPSA) is 96.8 Å². The van der Waals surface area contributed by atoms with Crippen LogP contribution in [0.3, 0.4) is 0 Å². The van der Waals surface area contributed by atoms with Gasteiger partial charge in [-0.2, -0.15) is 0 Å². The van der Waals surface area contributed by atoms with Crippen LogP contribution in [0.2, 0.25) is 0 Å². The van der Waals surface area contributed by atoms with E-state index in [1.165, 1.54) is 0 Å². The molecule has 2 atom stereocenters. The van der Waals surface area contributed by atoms with Crippen molar-refractivity contribution >= 4 is 0 Å². The Kier molecular flexibility index (Phi) is 11.2. The van der Waals surface area contributed by atoms with Crippen LogP contribution in [0.15, 0.2) is 115 Å². The third-order valence-electron chi connectivity index (χ3n) is 11.4. The standard InChI is InChI=1S/C45H51N3O6/c1-51-38-20-12-32(13-21-38)44(49,33-14-22-39(52-2)23-15-33)42-10-6-28-47(42)30-36-8-5-9-37(46-36)31-48-29-7-11-43(48)45(50,34-16-24-40(53-3)25-17-34)35-18-26-41(54-4)27-19-35/h5,8-9,12-27,42-43,49-50H,6-7,10-11,28-31H2,1-4H3/t42-,43?/m1/s1. The molecule has 1 aromatic heterocycles. The third kappa shape index (κ3) is 7.29. The van der Waals surface area contributed by atoms with E-state index in [1.54, 1.807) is 28.4 Å². The largest absolute Gasteiger partial charge is 0.497 e. The second kappa shape index (κ2) is 16.2. The van der Waals surface area contributed by atoms with Crippen molar-refractivity contribution in [3.8, 4) is 23.0 Å². The average Bonchev–Trinajstić information content (AvgIpc) is 3.91.